The van der Waals surface area contributed by atoms with Crippen LogP contribution in [0.2, 0.25) is 0 Å². The summed E-state index contributed by atoms with van der Waals surface area (Å²) in [6.07, 6.45) is 5.32. The SMILES string of the molecule is N=NC1=C(c2ccccc2)C2(CCC(N=N)(C3CCc4ccccc4C3)CC2)C(=O)C1=NN. The molecule has 1 unspecified atom stereocenters. The van der Waals surface area contributed by atoms with E-state index in [1.807, 2.05) is 30.3 Å². The summed E-state index contributed by atoms with van der Waals surface area (Å²) < 4.78 is 0. The van der Waals surface area contributed by atoms with Crippen LogP contribution in [-0.2, 0) is 17.6 Å². The second-order valence-corrected chi connectivity index (χ2v) is 9.51. The van der Waals surface area contributed by atoms with Crippen LogP contribution in [0.25, 0.3) is 5.57 Å². The van der Waals surface area contributed by atoms with Gasteiger partial charge >= 0.3 is 0 Å². The Balaban J connectivity index is 1.50. The van der Waals surface area contributed by atoms with Crippen molar-refractivity contribution in [1.29, 1.82) is 11.1 Å². The number of benzene rings is 2. The zero-order valence-electron chi connectivity index (χ0n) is 18.6. The number of nitrogens with two attached hydrogens (primary N) is 1. The predicted octanol–water partition coefficient (Wildman–Crippen LogP) is 5.46. The fraction of sp³-hybridized carbons (Fsp3) is 0.385. The fourth-order valence-corrected chi connectivity index (χ4v) is 6.39. The molecule has 5 rings (SSSR count). The lowest BCUT2D eigenvalue weighted by Crippen LogP contribution is -2.47. The Morgan fingerprint density at radius 3 is 2.21 bits per heavy atom. The molecule has 0 aromatic heterocycles. The van der Waals surface area contributed by atoms with Crippen molar-refractivity contribution < 1.29 is 4.79 Å². The maximum atomic E-state index is 13.6. The summed E-state index contributed by atoms with van der Waals surface area (Å²) in [7, 11) is 0. The van der Waals surface area contributed by atoms with Crippen molar-refractivity contribution in [3.05, 3.63) is 77.0 Å². The second kappa shape index (κ2) is 8.14. The molecule has 1 fully saturated rings. The molecule has 1 spiro atoms. The Morgan fingerprint density at radius 1 is 0.909 bits per heavy atom. The van der Waals surface area contributed by atoms with E-state index in [1.54, 1.807) is 0 Å². The van der Waals surface area contributed by atoms with Gasteiger partial charge in [-0.25, -0.2) is 11.1 Å². The summed E-state index contributed by atoms with van der Waals surface area (Å²) in [5.74, 6) is 5.74. The number of fused-ring (bicyclic) bond motifs is 1. The number of ketones is 1. The van der Waals surface area contributed by atoms with Crippen LogP contribution in [0.3, 0.4) is 0 Å². The number of Topliss-reactive ketones (excluding diaryl/α,β-unsaturated/α-hetero) is 1. The number of allylic oxidation sites excluding steroid dienone is 2. The molecule has 3 aliphatic rings. The Bertz CT molecular complexity index is 1170. The molecule has 0 heterocycles. The Kier molecular flexibility index (Phi) is 5.27. The third-order valence-corrected chi connectivity index (χ3v) is 8.19. The second-order valence-electron chi connectivity index (χ2n) is 9.51. The van der Waals surface area contributed by atoms with Gasteiger partial charge in [-0.1, -0.05) is 54.6 Å². The summed E-state index contributed by atoms with van der Waals surface area (Å²) in [5, 5.41) is 11.7. The maximum absolute atomic E-state index is 13.6. The molecule has 0 radical (unpaired) electrons. The van der Waals surface area contributed by atoms with E-state index >= 15 is 0 Å². The molecular formula is C26H28N6O. The fourth-order valence-electron chi connectivity index (χ4n) is 6.39. The van der Waals surface area contributed by atoms with E-state index in [0.717, 1.165) is 30.4 Å². The van der Waals surface area contributed by atoms with Crippen LogP contribution >= 0.6 is 0 Å². The van der Waals surface area contributed by atoms with Crippen molar-refractivity contribution in [1.82, 2.24) is 0 Å². The number of nitrogens with one attached hydrogen (secondary N) is 2. The van der Waals surface area contributed by atoms with Gasteiger partial charge < -0.3 is 5.84 Å². The van der Waals surface area contributed by atoms with Crippen LogP contribution in [0.1, 0.15) is 48.8 Å². The number of carbonyl (C=O) groups excluding carboxylic acids is 1. The molecule has 3 aliphatic carbocycles. The molecule has 0 bridgehead atoms. The van der Waals surface area contributed by atoms with Crippen molar-refractivity contribution >= 4 is 17.1 Å². The van der Waals surface area contributed by atoms with Gasteiger partial charge in [0.1, 0.15) is 5.70 Å². The minimum absolute atomic E-state index is 0.0887. The van der Waals surface area contributed by atoms with Gasteiger partial charge in [-0.15, -0.1) is 0 Å². The van der Waals surface area contributed by atoms with Gasteiger partial charge in [0, 0.05) is 5.57 Å². The van der Waals surface area contributed by atoms with E-state index in [2.05, 4.69) is 39.6 Å². The van der Waals surface area contributed by atoms with Crippen LogP contribution in [0.15, 0.2) is 75.6 Å². The van der Waals surface area contributed by atoms with Crippen LogP contribution < -0.4 is 5.84 Å². The molecule has 7 heteroatoms. The molecule has 2 aromatic carbocycles. The first-order valence-electron chi connectivity index (χ1n) is 11.5. The monoisotopic (exact) mass is 440 g/mol. The summed E-state index contributed by atoms with van der Waals surface area (Å²) in [6.45, 7) is 0. The molecule has 4 N–H and O–H groups in total. The molecule has 0 amide bonds. The highest BCUT2D eigenvalue weighted by Gasteiger charge is 2.57. The van der Waals surface area contributed by atoms with Crippen LogP contribution in [0.4, 0.5) is 0 Å². The number of hydrogen-bond acceptors (Lipinski definition) is 7. The highest BCUT2D eigenvalue weighted by molar-refractivity contribution is 6.54. The topological polar surface area (TPSA) is 128 Å². The molecule has 0 aliphatic heterocycles. The van der Waals surface area contributed by atoms with Crippen molar-refractivity contribution in [3.8, 4) is 0 Å². The van der Waals surface area contributed by atoms with E-state index in [1.165, 1.54) is 11.1 Å². The average Bonchev–Trinajstić information content (AvgIpc) is 3.11. The Hall–Kier alpha value is -3.48. The van der Waals surface area contributed by atoms with Crippen LogP contribution in [0, 0.1) is 22.4 Å². The van der Waals surface area contributed by atoms with Gasteiger partial charge in [-0.2, -0.15) is 15.3 Å². The van der Waals surface area contributed by atoms with Gasteiger partial charge in [0.15, 0.2) is 11.5 Å². The molecule has 0 saturated heterocycles. The van der Waals surface area contributed by atoms with E-state index in [-0.39, 0.29) is 23.1 Å². The first-order chi connectivity index (χ1) is 16.1. The van der Waals surface area contributed by atoms with Gasteiger partial charge in [-0.05, 0) is 67.6 Å². The third kappa shape index (κ3) is 3.17. The summed E-state index contributed by atoms with van der Waals surface area (Å²) in [4.78, 5) is 13.6. The van der Waals surface area contributed by atoms with E-state index < -0.39 is 11.0 Å². The molecule has 1 atom stereocenters. The maximum Gasteiger partial charge on any atom is 0.195 e. The van der Waals surface area contributed by atoms with Crippen molar-refractivity contribution in [2.75, 3.05) is 0 Å². The van der Waals surface area contributed by atoms with Crippen molar-refractivity contribution in [3.63, 3.8) is 0 Å². The average molecular weight is 441 g/mol. The van der Waals surface area contributed by atoms with Gasteiger partial charge in [0.05, 0.1) is 11.0 Å². The summed E-state index contributed by atoms with van der Waals surface area (Å²) >= 11 is 0. The van der Waals surface area contributed by atoms with E-state index in [4.69, 9.17) is 16.9 Å². The van der Waals surface area contributed by atoms with Crippen LogP contribution in [-0.4, -0.2) is 17.0 Å². The van der Waals surface area contributed by atoms with Gasteiger partial charge in [0.2, 0.25) is 0 Å². The molecule has 2 aromatic rings. The molecular weight excluding hydrogens is 412 g/mol. The van der Waals surface area contributed by atoms with E-state index in [0.29, 0.717) is 25.7 Å². The smallest absolute Gasteiger partial charge is 0.195 e. The highest BCUT2D eigenvalue weighted by atomic mass is 16.1. The van der Waals surface area contributed by atoms with Crippen molar-refractivity contribution in [2.45, 2.75) is 50.5 Å². The number of carbonyl (C=O) groups is 1. The predicted molar refractivity (Wildman–Crippen MR) is 126 cm³/mol. The third-order valence-electron chi connectivity index (χ3n) is 8.19. The highest BCUT2D eigenvalue weighted by Crippen LogP contribution is 2.58. The molecule has 7 nitrogen and oxygen atoms in total. The standard InChI is InChI=1S/C26H28N6O/c27-30-22-21(18-7-2-1-3-8-18)25(24(33)23(22)31-28)12-14-26(32-29,15-13-25)20-11-10-17-6-4-5-9-19(17)16-20/h1-9,20,27,29H,10-16,28H2. The Labute approximate surface area is 193 Å². The largest absolute Gasteiger partial charge is 0.323 e. The number of nitrogens with zero attached hydrogens (tertiary/aromatic N) is 3. The summed E-state index contributed by atoms with van der Waals surface area (Å²) in [6, 6.07) is 18.2. The first-order valence-corrected chi connectivity index (χ1v) is 11.5. The number of rotatable bonds is 4. The lowest BCUT2D eigenvalue weighted by Gasteiger charge is -2.47. The zero-order valence-corrected chi connectivity index (χ0v) is 18.6. The van der Waals surface area contributed by atoms with Gasteiger partial charge in [0.25, 0.3) is 0 Å². The van der Waals surface area contributed by atoms with Crippen molar-refractivity contribution in [2.24, 2.45) is 32.5 Å². The molecule has 1 saturated carbocycles. The summed E-state index contributed by atoms with van der Waals surface area (Å²) in [5.41, 5.74) is 19.4. The van der Waals surface area contributed by atoms with E-state index in [9.17, 15) is 4.79 Å². The number of hydrogen-bond donors (Lipinski definition) is 3. The molecule has 168 valence electrons. The normalized spacial score (nSPS) is 30.5. The zero-order chi connectivity index (χ0) is 23.1. The lowest BCUT2D eigenvalue weighted by molar-refractivity contribution is -0.120. The lowest BCUT2D eigenvalue weighted by atomic mass is 9.58. The van der Waals surface area contributed by atoms with Gasteiger partial charge in [-0.3, -0.25) is 4.79 Å². The minimum atomic E-state index is -0.819. The van der Waals surface area contributed by atoms with Crippen LogP contribution in [0.5, 0.6) is 0 Å². The number of aryl methyl sites for hydroxylation is 1. The molecule has 33 heavy (non-hydrogen) atoms. The Morgan fingerprint density at radius 2 is 1.58 bits per heavy atom. The minimum Gasteiger partial charge on any atom is -0.323 e. The number of hydrazone groups is 1. The first kappa shape index (κ1) is 21.4. The quantitative estimate of drug-likeness (QED) is 0.331.